The number of thiol groups is 1. The topological polar surface area (TPSA) is 119 Å². The van der Waals surface area contributed by atoms with Crippen LogP contribution < -0.4 is 10.6 Å². The first-order chi connectivity index (χ1) is 9.18. The monoisotopic (exact) mass is 307 g/mol. The summed E-state index contributed by atoms with van der Waals surface area (Å²) >= 11 is 3.81. The maximum absolute atomic E-state index is 11.9. The number of carboxylic acids is 1. The molecule has 0 bridgehead atoms. The molecule has 3 atom stereocenters. The van der Waals surface area contributed by atoms with Gasteiger partial charge in [-0.2, -0.15) is 12.6 Å². The molecule has 0 radical (unpaired) electrons. The Morgan fingerprint density at radius 1 is 1.25 bits per heavy atom. The van der Waals surface area contributed by atoms with Gasteiger partial charge < -0.3 is 25.7 Å². The molecule has 0 unspecified atom stereocenters. The number of aliphatic hydroxyl groups excluding tert-OH is 1. The molecule has 20 heavy (non-hydrogen) atoms. The molecule has 116 valence electrons. The number of rotatable bonds is 8. The Morgan fingerprint density at radius 2 is 1.80 bits per heavy atom. The number of amides is 2. The summed E-state index contributed by atoms with van der Waals surface area (Å²) in [7, 11) is 3.36. The van der Waals surface area contributed by atoms with E-state index in [9.17, 15) is 19.5 Å². The molecule has 0 spiro atoms. The van der Waals surface area contributed by atoms with Crippen molar-refractivity contribution in [3.8, 4) is 0 Å². The first-order valence-electron chi connectivity index (χ1n) is 5.95. The normalized spacial score (nSPS) is 15.3. The highest BCUT2D eigenvalue weighted by Gasteiger charge is 2.29. The summed E-state index contributed by atoms with van der Waals surface area (Å²) in [6, 6.07) is -2.40. The van der Waals surface area contributed by atoms with Crippen molar-refractivity contribution in [2.75, 3.05) is 26.4 Å². The number of hydrogen-bond donors (Lipinski definition) is 5. The van der Waals surface area contributed by atoms with E-state index in [-0.39, 0.29) is 12.3 Å². The van der Waals surface area contributed by atoms with Crippen molar-refractivity contribution in [3.05, 3.63) is 0 Å². The number of carbonyl (C=O) groups excluding carboxylic acids is 2. The predicted molar refractivity (Wildman–Crippen MR) is 75.6 cm³/mol. The number of likely N-dealkylation sites (N-methyl/N-ethyl adjacent to an activating group) is 1. The Balaban J connectivity index is 4.70. The van der Waals surface area contributed by atoms with Crippen LogP contribution in [0.25, 0.3) is 0 Å². The van der Waals surface area contributed by atoms with Gasteiger partial charge in [0.2, 0.25) is 11.8 Å². The van der Waals surface area contributed by atoms with Crippen molar-refractivity contribution < 1.29 is 24.6 Å². The molecule has 0 aromatic heterocycles. The van der Waals surface area contributed by atoms with E-state index in [1.807, 2.05) is 0 Å². The van der Waals surface area contributed by atoms with E-state index in [0.717, 1.165) is 0 Å². The molecule has 0 aliphatic rings. The molecule has 9 heteroatoms. The van der Waals surface area contributed by atoms with Crippen LogP contribution >= 0.6 is 12.6 Å². The molecule has 0 fully saturated rings. The Labute approximate surface area is 122 Å². The molecule has 0 heterocycles. The Bertz CT molecular complexity index is 362. The number of carboxylic acid groups (broad SMARTS) is 1. The second kappa shape index (κ2) is 8.77. The molecule has 0 saturated heterocycles. The lowest BCUT2D eigenvalue weighted by Crippen LogP contribution is -2.57. The van der Waals surface area contributed by atoms with E-state index in [1.165, 1.54) is 6.92 Å². The fourth-order valence-electron chi connectivity index (χ4n) is 1.36. The summed E-state index contributed by atoms with van der Waals surface area (Å²) in [5, 5.41) is 22.9. The van der Waals surface area contributed by atoms with Crippen LogP contribution in [0.5, 0.6) is 0 Å². The summed E-state index contributed by atoms with van der Waals surface area (Å²) in [6.45, 7) is 1.38. The Kier molecular flexibility index (Phi) is 8.19. The average molecular weight is 307 g/mol. The Morgan fingerprint density at radius 3 is 2.15 bits per heavy atom. The zero-order valence-corrected chi connectivity index (χ0v) is 12.6. The third kappa shape index (κ3) is 6.73. The van der Waals surface area contributed by atoms with Gasteiger partial charge in [0.25, 0.3) is 0 Å². The molecule has 2 amide bonds. The predicted octanol–water partition coefficient (Wildman–Crippen LogP) is -2.09. The zero-order valence-electron chi connectivity index (χ0n) is 11.7. The maximum Gasteiger partial charge on any atom is 0.327 e. The SMILES string of the molecule is C[C@@H](O)[C@H](NC(=O)CN(C)C)C(=O)N[C@@H](CS)C(=O)O. The minimum Gasteiger partial charge on any atom is -0.480 e. The van der Waals surface area contributed by atoms with E-state index in [2.05, 4.69) is 23.3 Å². The lowest BCUT2D eigenvalue weighted by molar-refractivity contribution is -0.142. The summed E-state index contributed by atoms with van der Waals surface area (Å²) in [6.07, 6.45) is -1.16. The molecular formula is C11H21N3O5S. The molecule has 0 aliphatic carbocycles. The molecule has 0 aromatic carbocycles. The van der Waals surface area contributed by atoms with Gasteiger partial charge in [-0.25, -0.2) is 4.79 Å². The van der Waals surface area contributed by atoms with E-state index in [0.29, 0.717) is 0 Å². The number of nitrogens with one attached hydrogen (secondary N) is 2. The van der Waals surface area contributed by atoms with E-state index < -0.39 is 36.0 Å². The van der Waals surface area contributed by atoms with Crippen molar-refractivity contribution in [2.24, 2.45) is 0 Å². The van der Waals surface area contributed by atoms with E-state index in [1.54, 1.807) is 19.0 Å². The average Bonchev–Trinajstić information content (AvgIpc) is 2.30. The zero-order chi connectivity index (χ0) is 15.9. The van der Waals surface area contributed by atoms with Crippen LogP contribution in [-0.4, -0.2) is 77.5 Å². The van der Waals surface area contributed by atoms with Crippen LogP contribution in [0.3, 0.4) is 0 Å². The highest BCUT2D eigenvalue weighted by atomic mass is 32.1. The number of aliphatic hydroxyl groups is 1. The first kappa shape index (κ1) is 18.7. The minimum atomic E-state index is -1.24. The molecule has 0 saturated carbocycles. The van der Waals surface area contributed by atoms with Gasteiger partial charge in [-0.05, 0) is 21.0 Å². The van der Waals surface area contributed by atoms with Gasteiger partial charge in [-0.1, -0.05) is 0 Å². The molecule has 0 rings (SSSR count). The molecule has 0 aliphatic heterocycles. The molecule has 4 N–H and O–H groups in total. The molecule has 8 nitrogen and oxygen atoms in total. The molecule has 0 aromatic rings. The van der Waals surface area contributed by atoms with Crippen LogP contribution in [0.4, 0.5) is 0 Å². The van der Waals surface area contributed by atoms with Crippen LogP contribution in [0.2, 0.25) is 0 Å². The van der Waals surface area contributed by atoms with Crippen molar-refractivity contribution in [2.45, 2.75) is 25.1 Å². The molecular weight excluding hydrogens is 286 g/mol. The quantitative estimate of drug-likeness (QED) is 0.328. The third-order valence-corrected chi connectivity index (χ3v) is 2.70. The largest absolute Gasteiger partial charge is 0.480 e. The van der Waals surface area contributed by atoms with Gasteiger partial charge in [-0.15, -0.1) is 0 Å². The highest BCUT2D eigenvalue weighted by Crippen LogP contribution is 1.97. The van der Waals surface area contributed by atoms with Crippen molar-refractivity contribution in [1.82, 2.24) is 15.5 Å². The van der Waals surface area contributed by atoms with Crippen LogP contribution in [0, 0.1) is 0 Å². The van der Waals surface area contributed by atoms with Crippen molar-refractivity contribution in [3.63, 3.8) is 0 Å². The number of hydrogen-bond acceptors (Lipinski definition) is 6. The van der Waals surface area contributed by atoms with Gasteiger partial charge >= 0.3 is 5.97 Å². The second-order valence-corrected chi connectivity index (χ2v) is 4.97. The van der Waals surface area contributed by atoms with E-state index in [4.69, 9.17) is 5.11 Å². The third-order valence-electron chi connectivity index (χ3n) is 2.34. The Hall–Kier alpha value is -1.32. The lowest BCUT2D eigenvalue weighted by Gasteiger charge is -2.23. The minimum absolute atomic E-state index is 0.0471. The van der Waals surface area contributed by atoms with Gasteiger partial charge in [0.1, 0.15) is 12.1 Å². The van der Waals surface area contributed by atoms with Gasteiger partial charge in [0.05, 0.1) is 12.6 Å². The standard InChI is InChI=1S/C11H21N3O5S/c1-6(15)9(13-8(16)4-14(2)3)10(17)12-7(5-20)11(18)19/h6-7,9,15,20H,4-5H2,1-3H3,(H,12,17)(H,13,16)(H,18,19)/t6-,7+,9+/m1/s1. The van der Waals surface area contributed by atoms with Crippen LogP contribution in [0.1, 0.15) is 6.92 Å². The van der Waals surface area contributed by atoms with Crippen molar-refractivity contribution >= 4 is 30.4 Å². The summed E-state index contributed by atoms with van der Waals surface area (Å²) in [5.41, 5.74) is 0. The summed E-state index contributed by atoms with van der Waals surface area (Å²) in [4.78, 5) is 35.9. The number of nitrogens with zero attached hydrogens (tertiary/aromatic N) is 1. The van der Waals surface area contributed by atoms with Gasteiger partial charge in [-0.3, -0.25) is 9.59 Å². The van der Waals surface area contributed by atoms with Crippen LogP contribution in [0.15, 0.2) is 0 Å². The smallest absolute Gasteiger partial charge is 0.327 e. The van der Waals surface area contributed by atoms with Crippen molar-refractivity contribution in [1.29, 1.82) is 0 Å². The van der Waals surface area contributed by atoms with Gasteiger partial charge in [0, 0.05) is 5.75 Å². The number of aliphatic carboxylic acids is 1. The lowest BCUT2D eigenvalue weighted by atomic mass is 10.1. The fourth-order valence-corrected chi connectivity index (χ4v) is 1.61. The number of carbonyl (C=O) groups is 3. The van der Waals surface area contributed by atoms with E-state index >= 15 is 0 Å². The first-order valence-corrected chi connectivity index (χ1v) is 6.58. The van der Waals surface area contributed by atoms with Gasteiger partial charge in [0.15, 0.2) is 0 Å². The second-order valence-electron chi connectivity index (χ2n) is 4.61. The fraction of sp³-hybridized carbons (Fsp3) is 0.727. The maximum atomic E-state index is 11.9. The highest BCUT2D eigenvalue weighted by molar-refractivity contribution is 7.80. The summed E-state index contributed by atoms with van der Waals surface area (Å²) in [5.74, 6) is -2.56. The summed E-state index contributed by atoms with van der Waals surface area (Å²) < 4.78 is 0. The van der Waals surface area contributed by atoms with Crippen LogP contribution in [-0.2, 0) is 14.4 Å².